The van der Waals surface area contributed by atoms with Crippen LogP contribution in [0, 0.1) is 0 Å². The fourth-order valence-corrected chi connectivity index (χ4v) is 2.77. The third-order valence-electron chi connectivity index (χ3n) is 4.11. The van der Waals surface area contributed by atoms with E-state index in [1.54, 1.807) is 18.2 Å². The van der Waals surface area contributed by atoms with E-state index in [4.69, 9.17) is 9.47 Å². The number of hydrazine groups is 1. The summed E-state index contributed by atoms with van der Waals surface area (Å²) in [5.74, 6) is 0.973. The zero-order chi connectivity index (χ0) is 17.9. The molecule has 7 nitrogen and oxygen atoms in total. The van der Waals surface area contributed by atoms with Crippen LogP contribution >= 0.6 is 0 Å². The van der Waals surface area contributed by atoms with Crippen molar-refractivity contribution in [2.45, 2.75) is 13.0 Å². The molecule has 2 aromatic rings. The predicted octanol–water partition coefficient (Wildman–Crippen LogP) is 1.86. The van der Waals surface area contributed by atoms with Gasteiger partial charge in [-0.1, -0.05) is 24.3 Å². The van der Waals surface area contributed by atoms with E-state index in [1.807, 2.05) is 36.4 Å². The summed E-state index contributed by atoms with van der Waals surface area (Å²) >= 11 is 0. The van der Waals surface area contributed by atoms with Crippen molar-refractivity contribution in [1.82, 2.24) is 10.7 Å². The number of carbonyl (C=O) groups excluding carboxylic acids is 2. The van der Waals surface area contributed by atoms with E-state index >= 15 is 0 Å². The van der Waals surface area contributed by atoms with Crippen LogP contribution in [0.15, 0.2) is 60.3 Å². The summed E-state index contributed by atoms with van der Waals surface area (Å²) in [4.78, 5) is 24.6. The van der Waals surface area contributed by atoms with Crippen LogP contribution in [0.2, 0.25) is 0 Å². The summed E-state index contributed by atoms with van der Waals surface area (Å²) in [6, 6.07) is 14.7. The minimum Gasteiger partial charge on any atom is -0.454 e. The molecule has 2 heterocycles. The quantitative estimate of drug-likeness (QED) is 0.879. The van der Waals surface area contributed by atoms with Gasteiger partial charge in [0.05, 0.1) is 5.69 Å². The van der Waals surface area contributed by atoms with Crippen LogP contribution in [0.1, 0.15) is 12.0 Å². The molecule has 26 heavy (non-hydrogen) atoms. The third-order valence-corrected chi connectivity index (χ3v) is 4.11. The maximum atomic E-state index is 12.5. The topological polar surface area (TPSA) is 79.9 Å². The largest absolute Gasteiger partial charge is 0.454 e. The van der Waals surface area contributed by atoms with Crippen LogP contribution in [0.4, 0.5) is 5.69 Å². The number of amides is 2. The first-order valence-corrected chi connectivity index (χ1v) is 8.22. The number of carbonyl (C=O) groups is 2. The molecule has 0 radical (unpaired) electrons. The predicted molar refractivity (Wildman–Crippen MR) is 94.2 cm³/mol. The van der Waals surface area contributed by atoms with Gasteiger partial charge in [-0.25, -0.2) is 5.01 Å². The zero-order valence-electron chi connectivity index (χ0n) is 13.9. The van der Waals surface area contributed by atoms with Crippen LogP contribution in [0.25, 0.3) is 0 Å². The Kier molecular flexibility index (Phi) is 4.18. The van der Waals surface area contributed by atoms with Crippen molar-refractivity contribution in [3.8, 4) is 11.5 Å². The maximum absolute atomic E-state index is 12.5. The molecule has 0 fully saturated rings. The first-order valence-electron chi connectivity index (χ1n) is 8.22. The average molecular weight is 351 g/mol. The highest BCUT2D eigenvalue weighted by molar-refractivity contribution is 6.01. The van der Waals surface area contributed by atoms with Crippen molar-refractivity contribution in [2.75, 3.05) is 11.8 Å². The fourth-order valence-electron chi connectivity index (χ4n) is 2.77. The number of fused-ring (bicyclic) bond motifs is 1. The highest BCUT2D eigenvalue weighted by Crippen LogP contribution is 2.32. The number of nitrogens with zero attached hydrogens (tertiary/aromatic N) is 1. The molecule has 2 aromatic carbocycles. The lowest BCUT2D eigenvalue weighted by Gasteiger charge is -2.28. The summed E-state index contributed by atoms with van der Waals surface area (Å²) in [5, 5.41) is 4.23. The van der Waals surface area contributed by atoms with Gasteiger partial charge >= 0.3 is 0 Å². The summed E-state index contributed by atoms with van der Waals surface area (Å²) in [5.41, 5.74) is 4.81. The van der Waals surface area contributed by atoms with Gasteiger partial charge in [0.15, 0.2) is 11.5 Å². The molecule has 0 aliphatic carbocycles. The minimum absolute atomic E-state index is 0.122. The second-order valence-electron chi connectivity index (χ2n) is 5.87. The van der Waals surface area contributed by atoms with Gasteiger partial charge in [-0.3, -0.25) is 15.0 Å². The van der Waals surface area contributed by atoms with Gasteiger partial charge in [0, 0.05) is 13.0 Å². The van der Waals surface area contributed by atoms with Crippen LogP contribution in [0.5, 0.6) is 11.5 Å². The second kappa shape index (κ2) is 6.79. The van der Waals surface area contributed by atoms with E-state index in [2.05, 4.69) is 10.7 Å². The van der Waals surface area contributed by atoms with E-state index in [9.17, 15) is 9.59 Å². The maximum Gasteiger partial charge on any atom is 0.269 e. The van der Waals surface area contributed by atoms with Gasteiger partial charge in [0.1, 0.15) is 5.70 Å². The molecule has 0 saturated carbocycles. The number of anilines is 1. The number of hydrogen-bond donors (Lipinski definition) is 2. The van der Waals surface area contributed by atoms with Crippen LogP contribution in [-0.2, 0) is 16.1 Å². The zero-order valence-corrected chi connectivity index (χ0v) is 13.9. The number of ether oxygens (including phenoxy) is 2. The Balaban J connectivity index is 1.41. The highest BCUT2D eigenvalue weighted by atomic mass is 16.7. The van der Waals surface area contributed by atoms with Crippen LogP contribution in [-0.4, -0.2) is 18.6 Å². The van der Waals surface area contributed by atoms with Gasteiger partial charge in [0.25, 0.3) is 5.91 Å². The summed E-state index contributed by atoms with van der Waals surface area (Å²) < 4.78 is 10.6. The lowest BCUT2D eigenvalue weighted by Crippen LogP contribution is -2.48. The Hall–Kier alpha value is -3.48. The first-order chi connectivity index (χ1) is 12.7. The van der Waals surface area contributed by atoms with Gasteiger partial charge < -0.3 is 14.8 Å². The minimum atomic E-state index is -0.281. The molecule has 0 bridgehead atoms. The Labute approximate surface area is 150 Å². The van der Waals surface area contributed by atoms with E-state index in [1.165, 1.54) is 5.01 Å². The van der Waals surface area contributed by atoms with Gasteiger partial charge in [0.2, 0.25) is 12.7 Å². The van der Waals surface area contributed by atoms with Crippen LogP contribution in [0.3, 0.4) is 0 Å². The smallest absolute Gasteiger partial charge is 0.269 e. The molecule has 132 valence electrons. The summed E-state index contributed by atoms with van der Waals surface area (Å²) in [6.45, 7) is 0.555. The molecule has 7 heteroatoms. The van der Waals surface area contributed by atoms with Crippen LogP contribution < -0.4 is 25.2 Å². The Morgan fingerprint density at radius 1 is 1.12 bits per heavy atom. The molecule has 0 aromatic heterocycles. The number of benzene rings is 2. The second-order valence-corrected chi connectivity index (χ2v) is 5.87. The van der Waals surface area contributed by atoms with Gasteiger partial charge in [-0.15, -0.1) is 0 Å². The van der Waals surface area contributed by atoms with Gasteiger partial charge in [-0.05, 0) is 35.9 Å². The first kappa shape index (κ1) is 16.0. The van der Waals surface area contributed by atoms with E-state index in [0.717, 1.165) is 5.56 Å². The SMILES string of the molecule is O=C(NCc1ccc2c(c1)OCO2)C1=CCC(=O)N(c2ccccc2)N1. The van der Waals surface area contributed by atoms with E-state index < -0.39 is 0 Å². The van der Waals surface area contributed by atoms with Crippen molar-refractivity contribution >= 4 is 17.5 Å². The Bertz CT molecular complexity index is 880. The van der Waals surface area contributed by atoms with Crippen molar-refractivity contribution < 1.29 is 19.1 Å². The van der Waals surface area contributed by atoms with Crippen molar-refractivity contribution in [3.05, 3.63) is 65.9 Å². The molecule has 2 N–H and O–H groups in total. The molecular formula is C19H17N3O4. The molecule has 2 aliphatic rings. The third kappa shape index (κ3) is 3.19. The van der Waals surface area contributed by atoms with Crippen molar-refractivity contribution in [2.24, 2.45) is 0 Å². The lowest BCUT2D eigenvalue weighted by molar-refractivity contribution is -0.120. The molecule has 0 saturated heterocycles. The molecule has 0 unspecified atom stereocenters. The fraction of sp³-hybridized carbons (Fsp3) is 0.158. The average Bonchev–Trinajstić information content (AvgIpc) is 3.15. The van der Waals surface area contributed by atoms with Gasteiger partial charge in [-0.2, -0.15) is 0 Å². The Morgan fingerprint density at radius 3 is 2.77 bits per heavy atom. The number of nitrogens with one attached hydrogen (secondary N) is 2. The van der Waals surface area contributed by atoms with Crippen molar-refractivity contribution in [3.63, 3.8) is 0 Å². The highest BCUT2D eigenvalue weighted by Gasteiger charge is 2.24. The normalized spacial score (nSPS) is 15.3. The Morgan fingerprint density at radius 2 is 1.92 bits per heavy atom. The monoisotopic (exact) mass is 351 g/mol. The number of hydrogen-bond acceptors (Lipinski definition) is 5. The molecule has 2 amide bonds. The molecule has 2 aliphatic heterocycles. The summed E-state index contributed by atoms with van der Waals surface area (Å²) in [6.07, 6.45) is 1.76. The lowest BCUT2D eigenvalue weighted by atomic mass is 10.2. The number of rotatable bonds is 4. The molecule has 4 rings (SSSR count). The van der Waals surface area contributed by atoms with Crippen molar-refractivity contribution in [1.29, 1.82) is 0 Å². The number of para-hydroxylation sites is 1. The molecule has 0 atom stereocenters. The standard InChI is InChI=1S/C19H17N3O4/c23-18-9-7-15(21-22(18)14-4-2-1-3-5-14)19(24)20-11-13-6-8-16-17(10-13)26-12-25-16/h1-8,10,21H,9,11-12H2,(H,20,24). The van der Waals surface area contributed by atoms with E-state index in [-0.39, 0.29) is 25.0 Å². The molecule has 0 spiro atoms. The molecular weight excluding hydrogens is 334 g/mol. The van der Waals surface area contributed by atoms with E-state index in [0.29, 0.717) is 29.4 Å². The summed E-state index contributed by atoms with van der Waals surface area (Å²) in [7, 11) is 0.